The highest BCUT2D eigenvalue weighted by atomic mass is 16.5. The van der Waals surface area contributed by atoms with E-state index in [2.05, 4.69) is 10.5 Å². The highest BCUT2D eigenvalue weighted by Gasteiger charge is 2.28. The smallest absolute Gasteiger partial charge is 0.133 e. The van der Waals surface area contributed by atoms with Gasteiger partial charge in [-0.15, -0.1) is 0 Å². The molecule has 1 aliphatic rings. The van der Waals surface area contributed by atoms with Gasteiger partial charge in [-0.25, -0.2) is 0 Å². The lowest BCUT2D eigenvalue weighted by Gasteiger charge is -2.34. The molecule has 0 unspecified atom stereocenters. The van der Waals surface area contributed by atoms with Gasteiger partial charge in [0.05, 0.1) is 11.8 Å². The van der Waals surface area contributed by atoms with Gasteiger partial charge in [-0.2, -0.15) is 0 Å². The second kappa shape index (κ2) is 4.11. The lowest BCUT2D eigenvalue weighted by Crippen LogP contribution is -2.44. The third-order valence-electron chi connectivity index (χ3n) is 2.68. The van der Waals surface area contributed by atoms with Crippen molar-refractivity contribution >= 4 is 0 Å². The SMILES string of the molecule is COC1CC(NCc2cc(C)on2)C1. The minimum Gasteiger partial charge on any atom is -0.381 e. The quantitative estimate of drug-likeness (QED) is 0.787. The number of methoxy groups -OCH3 is 1. The first-order valence-corrected chi connectivity index (χ1v) is 4.96. The molecule has 0 aliphatic heterocycles. The Labute approximate surface area is 83.6 Å². The number of nitrogens with zero attached hydrogens (tertiary/aromatic N) is 1. The van der Waals surface area contributed by atoms with E-state index in [0.29, 0.717) is 12.1 Å². The van der Waals surface area contributed by atoms with Crippen molar-refractivity contribution < 1.29 is 9.26 Å². The van der Waals surface area contributed by atoms with Gasteiger partial charge in [-0.05, 0) is 19.8 Å². The van der Waals surface area contributed by atoms with Crippen molar-refractivity contribution in [1.29, 1.82) is 0 Å². The molecule has 78 valence electrons. The number of aromatic nitrogens is 1. The fourth-order valence-electron chi connectivity index (χ4n) is 1.67. The van der Waals surface area contributed by atoms with E-state index < -0.39 is 0 Å². The minimum absolute atomic E-state index is 0.451. The van der Waals surface area contributed by atoms with Crippen LogP contribution in [0.1, 0.15) is 24.3 Å². The van der Waals surface area contributed by atoms with Crippen LogP contribution in [0.15, 0.2) is 10.6 Å². The summed E-state index contributed by atoms with van der Waals surface area (Å²) in [5.74, 6) is 0.866. The van der Waals surface area contributed by atoms with Crippen LogP contribution in [-0.2, 0) is 11.3 Å². The molecule has 0 saturated heterocycles. The number of hydrogen-bond acceptors (Lipinski definition) is 4. The maximum absolute atomic E-state index is 5.20. The Morgan fingerprint density at radius 3 is 3.00 bits per heavy atom. The third-order valence-corrected chi connectivity index (χ3v) is 2.68. The number of aryl methyl sites for hydroxylation is 1. The molecule has 0 radical (unpaired) electrons. The number of nitrogens with one attached hydrogen (secondary N) is 1. The van der Waals surface area contributed by atoms with E-state index in [-0.39, 0.29) is 0 Å². The molecule has 0 bridgehead atoms. The summed E-state index contributed by atoms with van der Waals surface area (Å²) in [6.07, 6.45) is 2.66. The van der Waals surface area contributed by atoms with Gasteiger partial charge in [0.15, 0.2) is 0 Å². The molecule has 1 aliphatic carbocycles. The molecule has 1 aromatic heterocycles. The van der Waals surface area contributed by atoms with E-state index in [1.54, 1.807) is 7.11 Å². The molecule has 1 fully saturated rings. The first-order chi connectivity index (χ1) is 6.78. The Morgan fingerprint density at radius 1 is 1.64 bits per heavy atom. The van der Waals surface area contributed by atoms with E-state index in [9.17, 15) is 0 Å². The molecule has 2 rings (SSSR count). The highest BCUT2D eigenvalue weighted by Crippen LogP contribution is 2.22. The van der Waals surface area contributed by atoms with Crippen LogP contribution >= 0.6 is 0 Å². The van der Waals surface area contributed by atoms with Crippen LogP contribution < -0.4 is 5.32 Å². The van der Waals surface area contributed by atoms with Gasteiger partial charge >= 0.3 is 0 Å². The van der Waals surface area contributed by atoms with Gasteiger partial charge in [0.2, 0.25) is 0 Å². The zero-order chi connectivity index (χ0) is 9.97. The fourth-order valence-corrected chi connectivity index (χ4v) is 1.67. The average molecular weight is 196 g/mol. The molecule has 14 heavy (non-hydrogen) atoms. The normalized spacial score (nSPS) is 26.1. The number of rotatable bonds is 4. The molecule has 0 spiro atoms. The summed E-state index contributed by atoms with van der Waals surface area (Å²) in [7, 11) is 1.77. The Morgan fingerprint density at radius 2 is 2.43 bits per heavy atom. The minimum atomic E-state index is 0.451. The van der Waals surface area contributed by atoms with Crippen molar-refractivity contribution in [1.82, 2.24) is 10.5 Å². The van der Waals surface area contributed by atoms with Crippen molar-refractivity contribution in [2.45, 2.75) is 38.5 Å². The maximum atomic E-state index is 5.20. The van der Waals surface area contributed by atoms with Crippen LogP contribution in [0.4, 0.5) is 0 Å². The average Bonchev–Trinajstić information content (AvgIpc) is 2.49. The Kier molecular flexibility index (Phi) is 2.84. The summed E-state index contributed by atoms with van der Waals surface area (Å²) in [5.41, 5.74) is 0.975. The molecule has 1 aromatic rings. The van der Waals surface area contributed by atoms with Gasteiger partial charge in [0.1, 0.15) is 5.76 Å². The van der Waals surface area contributed by atoms with Crippen molar-refractivity contribution in [2.75, 3.05) is 7.11 Å². The van der Waals surface area contributed by atoms with Gasteiger partial charge in [0.25, 0.3) is 0 Å². The van der Waals surface area contributed by atoms with Crippen LogP contribution in [0.2, 0.25) is 0 Å². The monoisotopic (exact) mass is 196 g/mol. The van der Waals surface area contributed by atoms with E-state index in [1.807, 2.05) is 13.0 Å². The topological polar surface area (TPSA) is 47.3 Å². The van der Waals surface area contributed by atoms with Gasteiger partial charge in [-0.1, -0.05) is 5.16 Å². The number of ether oxygens (including phenoxy) is 1. The fraction of sp³-hybridized carbons (Fsp3) is 0.700. The van der Waals surface area contributed by atoms with Crippen molar-refractivity contribution in [3.8, 4) is 0 Å². The van der Waals surface area contributed by atoms with E-state index in [4.69, 9.17) is 9.26 Å². The Balaban J connectivity index is 1.69. The predicted molar refractivity (Wildman–Crippen MR) is 51.9 cm³/mol. The standard InChI is InChI=1S/C10H16N2O2/c1-7-3-9(12-14-7)6-11-8-4-10(5-8)13-2/h3,8,10-11H,4-6H2,1-2H3. The molecular formula is C10H16N2O2. The van der Waals surface area contributed by atoms with Crippen LogP contribution in [0.25, 0.3) is 0 Å². The molecule has 1 N–H and O–H groups in total. The summed E-state index contributed by atoms with van der Waals surface area (Å²) >= 11 is 0. The second-order valence-corrected chi connectivity index (χ2v) is 3.84. The van der Waals surface area contributed by atoms with Gasteiger partial charge in [-0.3, -0.25) is 0 Å². The van der Waals surface area contributed by atoms with Crippen molar-refractivity contribution in [2.24, 2.45) is 0 Å². The van der Waals surface area contributed by atoms with E-state index in [1.165, 1.54) is 0 Å². The van der Waals surface area contributed by atoms with Gasteiger partial charge in [0, 0.05) is 25.8 Å². The van der Waals surface area contributed by atoms with Crippen LogP contribution in [0.3, 0.4) is 0 Å². The summed E-state index contributed by atoms with van der Waals surface area (Å²) in [6, 6.07) is 2.54. The summed E-state index contributed by atoms with van der Waals surface area (Å²) in [4.78, 5) is 0. The zero-order valence-corrected chi connectivity index (χ0v) is 8.62. The van der Waals surface area contributed by atoms with Gasteiger partial charge < -0.3 is 14.6 Å². The third kappa shape index (κ3) is 2.13. The Hall–Kier alpha value is -0.870. The maximum Gasteiger partial charge on any atom is 0.133 e. The molecular weight excluding hydrogens is 180 g/mol. The first kappa shape index (κ1) is 9.68. The second-order valence-electron chi connectivity index (χ2n) is 3.84. The number of hydrogen-bond donors (Lipinski definition) is 1. The molecule has 0 aromatic carbocycles. The van der Waals surface area contributed by atoms with Crippen molar-refractivity contribution in [3.05, 3.63) is 17.5 Å². The summed E-state index contributed by atoms with van der Waals surface area (Å²) in [5, 5.41) is 7.33. The van der Waals surface area contributed by atoms with Crippen LogP contribution in [-0.4, -0.2) is 24.4 Å². The summed E-state index contributed by atoms with van der Waals surface area (Å²) in [6.45, 7) is 2.69. The van der Waals surface area contributed by atoms with E-state index in [0.717, 1.165) is 30.8 Å². The molecule has 4 nitrogen and oxygen atoms in total. The zero-order valence-electron chi connectivity index (χ0n) is 8.62. The molecule has 1 saturated carbocycles. The highest BCUT2D eigenvalue weighted by molar-refractivity contribution is 5.03. The lowest BCUT2D eigenvalue weighted by atomic mass is 9.89. The first-order valence-electron chi connectivity index (χ1n) is 4.96. The summed E-state index contributed by atoms with van der Waals surface area (Å²) < 4.78 is 10.2. The molecule has 0 amide bonds. The molecule has 0 atom stereocenters. The van der Waals surface area contributed by atoms with Crippen LogP contribution in [0, 0.1) is 6.92 Å². The van der Waals surface area contributed by atoms with Crippen molar-refractivity contribution in [3.63, 3.8) is 0 Å². The van der Waals surface area contributed by atoms with Crippen LogP contribution in [0.5, 0.6) is 0 Å². The Bertz CT molecular complexity index is 292. The van der Waals surface area contributed by atoms with E-state index >= 15 is 0 Å². The largest absolute Gasteiger partial charge is 0.381 e. The molecule has 1 heterocycles. The predicted octanol–water partition coefficient (Wildman–Crippen LogP) is 1.25. The lowest BCUT2D eigenvalue weighted by molar-refractivity contribution is 0.0168. The molecule has 4 heteroatoms.